The number of hydrogen-bond donors (Lipinski definition) is 0. The number of carbonyl (C=O) groups excluding carboxylic acids is 1. The minimum atomic E-state index is -0.587. The average Bonchev–Trinajstić information content (AvgIpc) is 3.35. The van der Waals surface area contributed by atoms with Gasteiger partial charge in [-0.25, -0.2) is 4.79 Å². The molecule has 8 nitrogen and oxygen atoms in total. The van der Waals surface area contributed by atoms with Gasteiger partial charge in [0.1, 0.15) is 17.5 Å². The van der Waals surface area contributed by atoms with Crippen LogP contribution in [0.2, 0.25) is 0 Å². The molecule has 1 fully saturated rings. The van der Waals surface area contributed by atoms with Crippen LogP contribution in [0.25, 0.3) is 0 Å². The lowest BCUT2D eigenvalue weighted by Gasteiger charge is -2.26. The number of ether oxygens (including phenoxy) is 4. The Bertz CT molecular complexity index is 1140. The summed E-state index contributed by atoms with van der Waals surface area (Å²) in [5.74, 6) is 1.21. The summed E-state index contributed by atoms with van der Waals surface area (Å²) in [6.07, 6.45) is 4.26. The van der Waals surface area contributed by atoms with Gasteiger partial charge in [0.2, 0.25) is 0 Å². The van der Waals surface area contributed by atoms with Gasteiger partial charge in [-0.1, -0.05) is 12.1 Å². The van der Waals surface area contributed by atoms with Crippen molar-refractivity contribution in [3.63, 3.8) is 0 Å². The van der Waals surface area contributed by atoms with Crippen LogP contribution in [0.5, 0.6) is 11.6 Å². The highest BCUT2D eigenvalue weighted by Crippen LogP contribution is 2.34. The number of benzene rings is 1. The van der Waals surface area contributed by atoms with Crippen LogP contribution < -0.4 is 14.4 Å². The zero-order valence-electron chi connectivity index (χ0n) is 20.6. The number of hydrogen-bond acceptors (Lipinski definition) is 8. The highest BCUT2D eigenvalue weighted by Gasteiger charge is 2.23. The highest BCUT2D eigenvalue weighted by molar-refractivity contribution is 5.91. The molecule has 0 aliphatic carbocycles. The fourth-order valence-corrected chi connectivity index (χ4v) is 3.69. The Kier molecular flexibility index (Phi) is 7.51. The molecule has 1 aliphatic rings. The predicted molar refractivity (Wildman–Crippen MR) is 132 cm³/mol. The number of esters is 1. The van der Waals surface area contributed by atoms with Crippen LogP contribution in [0.4, 0.5) is 11.5 Å². The van der Waals surface area contributed by atoms with Gasteiger partial charge in [-0.15, -0.1) is 0 Å². The summed E-state index contributed by atoms with van der Waals surface area (Å²) in [5.41, 5.74) is 1.64. The first-order valence-electron chi connectivity index (χ1n) is 11.6. The lowest BCUT2D eigenvalue weighted by molar-refractivity contribution is 0.00695. The molecule has 1 aromatic carbocycles. The summed E-state index contributed by atoms with van der Waals surface area (Å²) in [7, 11) is 1.59. The molecule has 0 saturated carbocycles. The molecule has 2 aromatic heterocycles. The fourth-order valence-electron chi connectivity index (χ4n) is 3.69. The first-order chi connectivity index (χ1) is 16.8. The molecule has 35 heavy (non-hydrogen) atoms. The number of carbonyl (C=O) groups is 1. The van der Waals surface area contributed by atoms with Crippen molar-refractivity contribution in [1.29, 1.82) is 0 Å². The Morgan fingerprint density at radius 2 is 2.03 bits per heavy atom. The Balaban J connectivity index is 1.71. The number of nitrogens with zero attached hydrogens (tertiary/aromatic N) is 3. The fraction of sp³-hybridized carbons (Fsp3) is 0.370. The second-order valence-corrected chi connectivity index (χ2v) is 9.28. The second-order valence-electron chi connectivity index (χ2n) is 9.28. The van der Waals surface area contributed by atoms with Crippen molar-refractivity contribution in [3.05, 3.63) is 72.1 Å². The third kappa shape index (κ3) is 6.48. The molecule has 3 heterocycles. The van der Waals surface area contributed by atoms with Gasteiger partial charge in [0.05, 0.1) is 32.4 Å². The smallest absolute Gasteiger partial charge is 0.338 e. The molecule has 0 unspecified atom stereocenters. The Morgan fingerprint density at radius 3 is 2.71 bits per heavy atom. The standard InChI is InChI=1S/C27H31N3O5/c1-27(2,3)35-26(31)20-8-5-9-21(15-20)30(17-19-7-6-13-28-16-19)24-11-10-23(32-4)25(29-24)34-22-12-14-33-18-22/h5-11,13,15-16,22H,12,14,17-18H2,1-4H3/t22-/m1/s1. The van der Waals surface area contributed by atoms with Gasteiger partial charge in [0, 0.05) is 24.5 Å². The second kappa shape index (κ2) is 10.7. The molecular formula is C27H31N3O5. The summed E-state index contributed by atoms with van der Waals surface area (Å²) in [6.45, 7) is 7.21. The van der Waals surface area contributed by atoms with Crippen LogP contribution >= 0.6 is 0 Å². The first kappa shape index (κ1) is 24.5. The maximum absolute atomic E-state index is 12.7. The Morgan fingerprint density at radius 1 is 1.17 bits per heavy atom. The lowest BCUT2D eigenvalue weighted by Crippen LogP contribution is -2.24. The molecule has 4 rings (SSSR count). The van der Waals surface area contributed by atoms with E-state index in [0.717, 1.165) is 17.7 Å². The van der Waals surface area contributed by atoms with E-state index in [0.29, 0.717) is 42.8 Å². The van der Waals surface area contributed by atoms with Crippen LogP contribution in [0.3, 0.4) is 0 Å². The van der Waals surface area contributed by atoms with E-state index < -0.39 is 5.60 Å². The van der Waals surface area contributed by atoms with Crippen LogP contribution in [0, 0.1) is 0 Å². The molecule has 3 aromatic rings. The van der Waals surface area contributed by atoms with Crippen LogP contribution in [-0.2, 0) is 16.0 Å². The minimum Gasteiger partial charge on any atom is -0.491 e. The number of methoxy groups -OCH3 is 1. The van der Waals surface area contributed by atoms with Crippen molar-refractivity contribution < 1.29 is 23.7 Å². The maximum Gasteiger partial charge on any atom is 0.338 e. The molecule has 0 spiro atoms. The summed E-state index contributed by atoms with van der Waals surface area (Å²) in [6, 6.07) is 14.9. The van der Waals surface area contributed by atoms with Crippen molar-refractivity contribution in [2.24, 2.45) is 0 Å². The van der Waals surface area contributed by atoms with Crippen molar-refractivity contribution in [2.75, 3.05) is 25.2 Å². The van der Waals surface area contributed by atoms with Gasteiger partial charge < -0.3 is 23.8 Å². The van der Waals surface area contributed by atoms with Crippen LogP contribution in [0.1, 0.15) is 43.1 Å². The van der Waals surface area contributed by atoms with Crippen molar-refractivity contribution in [1.82, 2.24) is 9.97 Å². The lowest BCUT2D eigenvalue weighted by atomic mass is 10.1. The first-order valence-corrected chi connectivity index (χ1v) is 11.6. The van der Waals surface area contributed by atoms with E-state index in [9.17, 15) is 4.79 Å². The van der Waals surface area contributed by atoms with E-state index in [1.54, 1.807) is 19.4 Å². The molecule has 1 saturated heterocycles. The quantitative estimate of drug-likeness (QED) is 0.422. The molecule has 1 aliphatic heterocycles. The van der Waals surface area contributed by atoms with E-state index >= 15 is 0 Å². The topological polar surface area (TPSA) is 83.0 Å². The normalized spacial score (nSPS) is 15.5. The minimum absolute atomic E-state index is 0.0751. The van der Waals surface area contributed by atoms with E-state index in [1.807, 2.05) is 74.3 Å². The van der Waals surface area contributed by atoms with Gasteiger partial charge in [-0.3, -0.25) is 4.98 Å². The van der Waals surface area contributed by atoms with Gasteiger partial charge in [-0.05, 0) is 62.7 Å². The number of anilines is 2. The molecular weight excluding hydrogens is 446 g/mol. The van der Waals surface area contributed by atoms with Gasteiger partial charge in [0.25, 0.3) is 5.88 Å². The predicted octanol–water partition coefficient (Wildman–Crippen LogP) is 4.95. The van der Waals surface area contributed by atoms with E-state index in [1.165, 1.54) is 0 Å². The van der Waals surface area contributed by atoms with Gasteiger partial charge >= 0.3 is 5.97 Å². The number of rotatable bonds is 8. The summed E-state index contributed by atoms with van der Waals surface area (Å²) in [5, 5.41) is 0. The number of aromatic nitrogens is 2. The molecule has 0 amide bonds. The largest absolute Gasteiger partial charge is 0.491 e. The zero-order valence-corrected chi connectivity index (χ0v) is 20.6. The zero-order chi connectivity index (χ0) is 24.8. The maximum atomic E-state index is 12.7. The molecule has 0 radical (unpaired) electrons. The van der Waals surface area contributed by atoms with E-state index in [2.05, 4.69) is 4.98 Å². The van der Waals surface area contributed by atoms with E-state index in [-0.39, 0.29) is 12.1 Å². The molecule has 0 bridgehead atoms. The third-order valence-electron chi connectivity index (χ3n) is 5.33. The highest BCUT2D eigenvalue weighted by atomic mass is 16.6. The summed E-state index contributed by atoms with van der Waals surface area (Å²) in [4.78, 5) is 23.8. The molecule has 1 atom stereocenters. The van der Waals surface area contributed by atoms with Crippen LogP contribution in [0.15, 0.2) is 60.9 Å². The van der Waals surface area contributed by atoms with Crippen molar-refractivity contribution >= 4 is 17.5 Å². The summed E-state index contributed by atoms with van der Waals surface area (Å²) < 4.78 is 22.6. The summed E-state index contributed by atoms with van der Waals surface area (Å²) >= 11 is 0. The SMILES string of the molecule is COc1ccc(N(Cc2cccnc2)c2cccc(C(=O)OC(C)(C)C)c2)nc1O[C@@H]1CCOC1. The number of pyridine rings is 2. The molecule has 184 valence electrons. The van der Waals surface area contributed by atoms with Crippen molar-refractivity contribution in [2.45, 2.75) is 45.4 Å². The van der Waals surface area contributed by atoms with Crippen LogP contribution in [-0.4, -0.2) is 48.0 Å². The van der Waals surface area contributed by atoms with E-state index in [4.69, 9.17) is 23.9 Å². The third-order valence-corrected chi connectivity index (χ3v) is 5.33. The average molecular weight is 478 g/mol. The molecule has 0 N–H and O–H groups in total. The monoisotopic (exact) mass is 477 g/mol. The Hall–Kier alpha value is -3.65. The van der Waals surface area contributed by atoms with Gasteiger partial charge in [-0.2, -0.15) is 4.98 Å². The molecule has 8 heteroatoms. The Labute approximate surface area is 205 Å². The van der Waals surface area contributed by atoms with Crippen molar-refractivity contribution in [3.8, 4) is 11.6 Å². The van der Waals surface area contributed by atoms with Gasteiger partial charge in [0.15, 0.2) is 5.75 Å².